The average molecular weight is 348 g/mol. The minimum Gasteiger partial charge on any atom is -0.356 e. The topological polar surface area (TPSA) is 66.8 Å². The lowest BCUT2D eigenvalue weighted by Gasteiger charge is -2.35. The van der Waals surface area contributed by atoms with Gasteiger partial charge in [0.1, 0.15) is 12.1 Å². The standard InChI is InChI=1S/C20H24N6/c1-21-16-4-6-17(7-5-16)26(2)20-18-11-14(15-9-10-24-25-12-15)3-8-19(18)22-13-23-20/h3,8-13,16-17,21H,4-7H2,1-2H3. The maximum atomic E-state index is 4.63. The van der Waals surface area contributed by atoms with Crippen LogP contribution in [0.4, 0.5) is 5.82 Å². The smallest absolute Gasteiger partial charge is 0.139 e. The summed E-state index contributed by atoms with van der Waals surface area (Å²) in [6.45, 7) is 0. The summed E-state index contributed by atoms with van der Waals surface area (Å²) in [5.74, 6) is 1.01. The Kier molecular flexibility index (Phi) is 4.75. The Morgan fingerprint density at radius 2 is 1.85 bits per heavy atom. The van der Waals surface area contributed by atoms with Crippen molar-refractivity contribution in [1.29, 1.82) is 0 Å². The van der Waals surface area contributed by atoms with Crippen molar-refractivity contribution in [3.8, 4) is 11.1 Å². The summed E-state index contributed by atoms with van der Waals surface area (Å²) in [6.07, 6.45) is 9.95. The van der Waals surface area contributed by atoms with Crippen LogP contribution in [-0.2, 0) is 0 Å². The van der Waals surface area contributed by atoms with Crippen molar-refractivity contribution in [2.75, 3.05) is 19.0 Å². The maximum Gasteiger partial charge on any atom is 0.139 e. The Labute approximate surface area is 153 Å². The normalized spacial score (nSPS) is 20.2. The van der Waals surface area contributed by atoms with Crippen molar-refractivity contribution in [3.63, 3.8) is 0 Å². The molecule has 0 radical (unpaired) electrons. The molecule has 0 bridgehead atoms. The van der Waals surface area contributed by atoms with Crippen molar-refractivity contribution >= 4 is 16.7 Å². The summed E-state index contributed by atoms with van der Waals surface area (Å²) >= 11 is 0. The fourth-order valence-electron chi connectivity index (χ4n) is 3.89. The number of fused-ring (bicyclic) bond motifs is 1. The first-order valence-electron chi connectivity index (χ1n) is 9.18. The number of hydrogen-bond acceptors (Lipinski definition) is 6. The van der Waals surface area contributed by atoms with Gasteiger partial charge in [-0.05, 0) is 56.5 Å². The molecule has 1 aliphatic carbocycles. The van der Waals surface area contributed by atoms with E-state index in [1.54, 1.807) is 18.7 Å². The predicted molar refractivity (Wildman–Crippen MR) is 104 cm³/mol. The lowest BCUT2D eigenvalue weighted by Crippen LogP contribution is -2.40. The molecule has 2 aromatic heterocycles. The van der Waals surface area contributed by atoms with E-state index < -0.39 is 0 Å². The molecule has 26 heavy (non-hydrogen) atoms. The average Bonchev–Trinajstić information content (AvgIpc) is 2.73. The lowest BCUT2D eigenvalue weighted by molar-refractivity contribution is 0.351. The predicted octanol–water partition coefficient (Wildman–Crippen LogP) is 3.05. The second-order valence-electron chi connectivity index (χ2n) is 6.97. The van der Waals surface area contributed by atoms with E-state index in [1.807, 2.05) is 6.07 Å². The van der Waals surface area contributed by atoms with Crippen LogP contribution in [0.5, 0.6) is 0 Å². The van der Waals surface area contributed by atoms with Gasteiger partial charge in [-0.15, -0.1) is 0 Å². The zero-order chi connectivity index (χ0) is 17.9. The van der Waals surface area contributed by atoms with Crippen LogP contribution in [0.3, 0.4) is 0 Å². The number of anilines is 1. The van der Waals surface area contributed by atoms with Gasteiger partial charge in [0.05, 0.1) is 17.9 Å². The van der Waals surface area contributed by atoms with E-state index in [1.165, 1.54) is 25.7 Å². The highest BCUT2D eigenvalue weighted by atomic mass is 15.2. The van der Waals surface area contributed by atoms with E-state index in [-0.39, 0.29) is 0 Å². The van der Waals surface area contributed by atoms with Gasteiger partial charge in [0.2, 0.25) is 0 Å². The summed E-state index contributed by atoms with van der Waals surface area (Å²) in [6, 6.07) is 9.44. The highest BCUT2D eigenvalue weighted by molar-refractivity contribution is 5.92. The van der Waals surface area contributed by atoms with Crippen molar-refractivity contribution in [1.82, 2.24) is 25.5 Å². The highest BCUT2D eigenvalue weighted by Gasteiger charge is 2.25. The van der Waals surface area contributed by atoms with E-state index in [4.69, 9.17) is 0 Å². The molecule has 134 valence electrons. The van der Waals surface area contributed by atoms with Gasteiger partial charge in [-0.2, -0.15) is 10.2 Å². The van der Waals surface area contributed by atoms with Crippen molar-refractivity contribution in [3.05, 3.63) is 43.0 Å². The summed E-state index contributed by atoms with van der Waals surface area (Å²) < 4.78 is 0. The van der Waals surface area contributed by atoms with Gasteiger partial charge in [-0.25, -0.2) is 9.97 Å². The first-order valence-corrected chi connectivity index (χ1v) is 9.18. The number of rotatable bonds is 4. The van der Waals surface area contributed by atoms with Crippen LogP contribution in [0.25, 0.3) is 22.0 Å². The minimum atomic E-state index is 0.518. The lowest BCUT2D eigenvalue weighted by atomic mass is 9.90. The van der Waals surface area contributed by atoms with Crippen LogP contribution in [0.2, 0.25) is 0 Å². The molecule has 0 spiro atoms. The fourth-order valence-corrected chi connectivity index (χ4v) is 3.89. The quantitative estimate of drug-likeness (QED) is 0.782. The molecule has 1 saturated carbocycles. The van der Waals surface area contributed by atoms with Gasteiger partial charge >= 0.3 is 0 Å². The van der Waals surface area contributed by atoms with Gasteiger partial charge < -0.3 is 10.2 Å². The van der Waals surface area contributed by atoms with E-state index in [9.17, 15) is 0 Å². The second-order valence-corrected chi connectivity index (χ2v) is 6.97. The third kappa shape index (κ3) is 3.24. The van der Waals surface area contributed by atoms with Gasteiger partial charge in [-0.3, -0.25) is 0 Å². The van der Waals surface area contributed by atoms with E-state index in [0.717, 1.165) is 27.8 Å². The molecular weight excluding hydrogens is 324 g/mol. The molecule has 1 fully saturated rings. The van der Waals surface area contributed by atoms with E-state index in [2.05, 4.69) is 62.7 Å². The maximum absolute atomic E-state index is 4.63. The molecule has 4 rings (SSSR count). The minimum absolute atomic E-state index is 0.518. The molecule has 3 aromatic rings. The molecule has 6 nitrogen and oxygen atoms in total. The molecule has 0 amide bonds. The highest BCUT2D eigenvalue weighted by Crippen LogP contribution is 2.31. The van der Waals surface area contributed by atoms with Crippen molar-refractivity contribution in [2.24, 2.45) is 0 Å². The number of nitrogens with one attached hydrogen (secondary N) is 1. The van der Waals surface area contributed by atoms with Crippen LogP contribution in [-0.4, -0.2) is 46.3 Å². The van der Waals surface area contributed by atoms with Crippen LogP contribution in [0.1, 0.15) is 25.7 Å². The Balaban J connectivity index is 1.68. The van der Waals surface area contributed by atoms with Crippen molar-refractivity contribution < 1.29 is 0 Å². The molecule has 0 atom stereocenters. The molecule has 0 saturated heterocycles. The second kappa shape index (κ2) is 7.33. The monoisotopic (exact) mass is 348 g/mol. The Bertz CT molecular complexity index is 874. The Morgan fingerprint density at radius 1 is 1.00 bits per heavy atom. The third-order valence-corrected chi connectivity index (χ3v) is 5.52. The zero-order valence-corrected chi connectivity index (χ0v) is 15.3. The number of benzene rings is 1. The van der Waals surface area contributed by atoms with Gasteiger partial charge in [0.15, 0.2) is 0 Å². The third-order valence-electron chi connectivity index (χ3n) is 5.52. The van der Waals surface area contributed by atoms with E-state index in [0.29, 0.717) is 12.1 Å². The van der Waals surface area contributed by atoms with Gasteiger partial charge in [-0.1, -0.05) is 6.07 Å². The number of aromatic nitrogens is 4. The van der Waals surface area contributed by atoms with Gasteiger partial charge in [0, 0.05) is 30.1 Å². The van der Waals surface area contributed by atoms with Crippen LogP contribution >= 0.6 is 0 Å². The van der Waals surface area contributed by atoms with Crippen LogP contribution in [0, 0.1) is 0 Å². The summed E-state index contributed by atoms with van der Waals surface area (Å²) in [4.78, 5) is 11.4. The summed E-state index contributed by atoms with van der Waals surface area (Å²) in [5, 5.41) is 12.3. The Hall–Kier alpha value is -2.60. The van der Waals surface area contributed by atoms with E-state index >= 15 is 0 Å². The molecule has 1 aromatic carbocycles. The van der Waals surface area contributed by atoms with Crippen LogP contribution < -0.4 is 10.2 Å². The fraction of sp³-hybridized carbons (Fsp3) is 0.400. The van der Waals surface area contributed by atoms with Crippen LogP contribution in [0.15, 0.2) is 43.0 Å². The first-order chi connectivity index (χ1) is 12.8. The molecular formula is C20H24N6. The van der Waals surface area contributed by atoms with Gasteiger partial charge in [0.25, 0.3) is 0 Å². The number of hydrogen-bond donors (Lipinski definition) is 1. The molecule has 1 N–H and O–H groups in total. The summed E-state index contributed by atoms with van der Waals surface area (Å²) in [5.41, 5.74) is 3.13. The molecule has 0 unspecified atom stereocenters. The molecule has 1 aliphatic rings. The van der Waals surface area contributed by atoms with Crippen molar-refractivity contribution in [2.45, 2.75) is 37.8 Å². The zero-order valence-electron chi connectivity index (χ0n) is 15.3. The largest absolute Gasteiger partial charge is 0.356 e. The Morgan fingerprint density at radius 3 is 2.58 bits per heavy atom. The molecule has 2 heterocycles. The number of nitrogens with zero attached hydrogens (tertiary/aromatic N) is 5. The summed E-state index contributed by atoms with van der Waals surface area (Å²) in [7, 11) is 4.22. The molecule has 6 heteroatoms. The molecule has 0 aliphatic heterocycles. The SMILES string of the molecule is CNC1CCC(N(C)c2ncnc3ccc(-c4ccnnc4)cc23)CC1. The first kappa shape index (κ1) is 16.8.